The van der Waals surface area contributed by atoms with E-state index in [2.05, 4.69) is 16.9 Å². The van der Waals surface area contributed by atoms with Crippen molar-refractivity contribution in [1.82, 2.24) is 24.7 Å². The number of benzene rings is 2. The van der Waals surface area contributed by atoms with E-state index >= 15 is 0 Å². The van der Waals surface area contributed by atoms with Crippen LogP contribution in [-0.4, -0.2) is 68.6 Å². The summed E-state index contributed by atoms with van der Waals surface area (Å²) in [6, 6.07) is 9.01. The van der Waals surface area contributed by atoms with Gasteiger partial charge in [-0.3, -0.25) is 14.3 Å². The number of hydrogen-bond donors (Lipinski definition) is 0. The Hall–Kier alpha value is -2.86. The molecule has 12 heteroatoms. The van der Waals surface area contributed by atoms with Gasteiger partial charge in [-0.2, -0.15) is 23.3 Å². The zero-order chi connectivity index (χ0) is 30.4. The summed E-state index contributed by atoms with van der Waals surface area (Å²) in [4.78, 5) is 28.6. The molecule has 2 fully saturated rings. The number of rotatable bonds is 8. The average Bonchev–Trinajstić information content (AvgIpc) is 3.49. The Bertz CT molecular complexity index is 1450. The molecular weight excluding hydrogens is 587 g/mol. The monoisotopic (exact) mass is 621 g/mol. The van der Waals surface area contributed by atoms with Gasteiger partial charge in [0, 0.05) is 36.6 Å². The molecule has 0 bridgehead atoms. The normalized spacial score (nSPS) is 17.8. The van der Waals surface area contributed by atoms with Gasteiger partial charge >= 0.3 is 11.4 Å². The smallest absolute Gasteiger partial charge is 0.301 e. The second-order valence-electron chi connectivity index (χ2n) is 9.92. The number of unbranched alkanes of at least 4 members (excludes halogenated alkanes) is 2. The van der Waals surface area contributed by atoms with Crippen LogP contribution >= 0.6 is 23.4 Å². The fourth-order valence-electron chi connectivity index (χ4n) is 5.03. The van der Waals surface area contributed by atoms with Crippen LogP contribution in [0.25, 0.3) is 17.0 Å². The van der Waals surface area contributed by atoms with Crippen molar-refractivity contribution in [3.05, 3.63) is 69.2 Å². The summed E-state index contributed by atoms with van der Waals surface area (Å²) in [7, 11) is 0. The highest BCUT2D eigenvalue weighted by molar-refractivity contribution is 8.18. The van der Waals surface area contributed by atoms with Crippen LogP contribution in [0.4, 0.5) is 18.0 Å². The van der Waals surface area contributed by atoms with Crippen molar-refractivity contribution < 1.29 is 22.8 Å². The summed E-state index contributed by atoms with van der Waals surface area (Å²) in [6.45, 7) is 9.98. The molecule has 5 rings (SSSR count). The van der Waals surface area contributed by atoms with E-state index in [1.165, 1.54) is 34.7 Å². The maximum atomic E-state index is 13.5. The Morgan fingerprint density at radius 3 is 2.45 bits per heavy atom. The number of nitrogens with zero attached hydrogens (tertiary/aromatic N) is 5. The molecule has 2 aliphatic rings. The molecule has 2 saturated heterocycles. The summed E-state index contributed by atoms with van der Waals surface area (Å²) in [5.41, 5.74) is 0.598. The number of hydrazine groups is 1. The highest BCUT2D eigenvalue weighted by atomic mass is 35.5. The van der Waals surface area contributed by atoms with Gasteiger partial charge in [-0.1, -0.05) is 57.3 Å². The lowest BCUT2D eigenvalue weighted by atomic mass is 10.1. The van der Waals surface area contributed by atoms with E-state index in [4.69, 9.17) is 11.6 Å². The summed E-state index contributed by atoms with van der Waals surface area (Å²) >= 11 is 6.71. The van der Waals surface area contributed by atoms with Gasteiger partial charge in [0.25, 0.3) is 5.91 Å². The summed E-state index contributed by atoms with van der Waals surface area (Å²) in [5.74, 6) is -0.340. The number of alkyl halides is 3. The number of carbonyl (C=O) groups is 2. The molecule has 0 aliphatic carbocycles. The zero-order valence-corrected chi connectivity index (χ0v) is 25.5. The van der Waals surface area contributed by atoms with Crippen LogP contribution in [0.1, 0.15) is 56.7 Å². The van der Waals surface area contributed by atoms with E-state index in [1.54, 1.807) is 30.5 Å². The van der Waals surface area contributed by atoms with Crippen LogP contribution in [0.2, 0.25) is 5.02 Å². The molecule has 2 aliphatic heterocycles. The SMILES string of the molecule is CC.CCCCCN1CCN(N2C(=O)S/C(=C\c3ccc4c(cnn4Cc4ccc(Cl)cc4C(F)(F)F)c3)C2=O)CC1. The predicted molar refractivity (Wildman–Crippen MR) is 162 cm³/mol. The Kier molecular flexibility index (Phi) is 10.7. The van der Waals surface area contributed by atoms with E-state index in [-0.39, 0.29) is 28.3 Å². The molecule has 3 aromatic rings. The summed E-state index contributed by atoms with van der Waals surface area (Å²) in [5, 5.41) is 7.77. The largest absolute Gasteiger partial charge is 0.416 e. The number of aromatic nitrogens is 2. The van der Waals surface area contributed by atoms with E-state index < -0.39 is 11.7 Å². The molecule has 1 aromatic heterocycles. The van der Waals surface area contributed by atoms with Gasteiger partial charge in [-0.15, -0.1) is 0 Å². The quantitative estimate of drug-likeness (QED) is 0.191. The first-order valence-electron chi connectivity index (χ1n) is 14.2. The summed E-state index contributed by atoms with van der Waals surface area (Å²) < 4.78 is 42.1. The minimum absolute atomic E-state index is 0.0140. The third-order valence-corrected chi connectivity index (χ3v) is 8.24. The van der Waals surface area contributed by atoms with Gasteiger partial charge in [0.2, 0.25) is 0 Å². The lowest BCUT2D eigenvalue weighted by molar-refractivity contribution is -0.138. The predicted octanol–water partition coefficient (Wildman–Crippen LogP) is 7.54. The molecule has 7 nitrogen and oxygen atoms in total. The van der Waals surface area contributed by atoms with Gasteiger partial charge in [-0.05, 0) is 66.2 Å². The lowest BCUT2D eigenvalue weighted by Crippen LogP contribution is -2.55. The minimum Gasteiger partial charge on any atom is -0.301 e. The van der Waals surface area contributed by atoms with Crippen LogP contribution in [0.5, 0.6) is 0 Å². The fourth-order valence-corrected chi connectivity index (χ4v) is 6.05. The fraction of sp³-hybridized carbons (Fsp3) is 0.433. The molecule has 226 valence electrons. The highest BCUT2D eigenvalue weighted by Crippen LogP contribution is 2.36. The van der Waals surface area contributed by atoms with E-state index in [0.29, 0.717) is 34.5 Å². The van der Waals surface area contributed by atoms with Gasteiger partial charge in [0.05, 0.1) is 28.7 Å². The average molecular weight is 622 g/mol. The Balaban J connectivity index is 0.00000198. The Labute approximate surface area is 253 Å². The van der Waals surface area contributed by atoms with Crippen molar-refractivity contribution in [2.45, 2.75) is 52.8 Å². The third-order valence-electron chi connectivity index (χ3n) is 7.14. The van der Waals surface area contributed by atoms with E-state index in [9.17, 15) is 22.8 Å². The lowest BCUT2D eigenvalue weighted by Gasteiger charge is -2.37. The second-order valence-corrected chi connectivity index (χ2v) is 11.3. The maximum absolute atomic E-state index is 13.5. The van der Waals surface area contributed by atoms with Gasteiger partial charge in [0.15, 0.2) is 0 Å². The van der Waals surface area contributed by atoms with Crippen LogP contribution in [-0.2, 0) is 17.5 Å². The molecule has 0 spiro atoms. The molecule has 0 unspecified atom stereocenters. The zero-order valence-electron chi connectivity index (χ0n) is 24.0. The van der Waals surface area contributed by atoms with Crippen molar-refractivity contribution in [2.24, 2.45) is 0 Å². The van der Waals surface area contributed by atoms with Crippen molar-refractivity contribution in [3.8, 4) is 0 Å². The molecular formula is C30H35ClF3N5O2S. The van der Waals surface area contributed by atoms with E-state index in [0.717, 1.165) is 43.9 Å². The Morgan fingerprint density at radius 1 is 1.02 bits per heavy atom. The number of fused-ring (bicyclic) bond motifs is 1. The van der Waals surface area contributed by atoms with Crippen molar-refractivity contribution in [3.63, 3.8) is 0 Å². The van der Waals surface area contributed by atoms with Gasteiger partial charge in [0.1, 0.15) is 0 Å². The van der Waals surface area contributed by atoms with Gasteiger partial charge < -0.3 is 4.90 Å². The number of thioether (sulfide) groups is 1. The van der Waals surface area contributed by atoms with E-state index in [1.807, 2.05) is 18.9 Å². The topological polar surface area (TPSA) is 61.7 Å². The number of piperazine rings is 1. The van der Waals surface area contributed by atoms with Crippen LogP contribution in [0.15, 0.2) is 47.5 Å². The number of halogens is 4. The van der Waals surface area contributed by atoms with Crippen molar-refractivity contribution in [1.29, 1.82) is 0 Å². The third kappa shape index (κ3) is 7.37. The molecule has 0 atom stereocenters. The maximum Gasteiger partial charge on any atom is 0.416 e. The van der Waals surface area contributed by atoms with Gasteiger partial charge in [-0.25, -0.2) is 5.01 Å². The molecule has 2 aromatic carbocycles. The summed E-state index contributed by atoms with van der Waals surface area (Å²) in [6.07, 6.45) is 2.22. The first kappa shape index (κ1) is 32.1. The number of carbonyl (C=O) groups excluding carboxylic acids is 2. The standard InChI is InChI=1S/C28H29ClF3N5O2S.C2H6/c1-2-3-4-9-34-10-12-35(13-11-34)37-26(38)25(40-27(37)39)15-19-5-8-24-21(14-19)17-33-36(24)18-20-6-7-22(29)16-23(20)28(30,31)32;1-2/h5-8,14-17H,2-4,9-13,18H2,1H3;1-2H3/b25-15-;. The first-order chi connectivity index (χ1) is 20.1. The number of imide groups is 1. The second kappa shape index (κ2) is 14.1. The van der Waals surface area contributed by atoms with Crippen LogP contribution in [0.3, 0.4) is 0 Å². The molecule has 0 radical (unpaired) electrons. The van der Waals surface area contributed by atoms with Crippen molar-refractivity contribution >= 4 is 51.5 Å². The highest BCUT2D eigenvalue weighted by Gasteiger charge is 2.40. The Morgan fingerprint density at radius 2 is 1.76 bits per heavy atom. The van der Waals surface area contributed by atoms with Crippen molar-refractivity contribution in [2.75, 3.05) is 32.7 Å². The molecule has 0 N–H and O–H groups in total. The molecule has 3 heterocycles. The molecule has 0 saturated carbocycles. The van der Waals surface area contributed by atoms with Crippen LogP contribution in [0, 0.1) is 0 Å². The first-order valence-corrected chi connectivity index (χ1v) is 15.4. The molecule has 42 heavy (non-hydrogen) atoms. The van der Waals surface area contributed by atoms with Crippen LogP contribution < -0.4 is 0 Å². The number of amides is 2. The minimum atomic E-state index is -4.54. The molecule has 2 amide bonds. The number of hydrogen-bond acceptors (Lipinski definition) is 6.